The highest BCUT2D eigenvalue weighted by atomic mass is 14.8. The lowest BCUT2D eigenvalue weighted by atomic mass is 9.90. The fraction of sp³-hybridized carbons (Fsp3) is 0. The average molecular weight is 664 g/mol. The monoisotopic (exact) mass is 663 g/mol. The van der Waals surface area contributed by atoms with Gasteiger partial charge in [-0.15, -0.1) is 0 Å². The van der Waals surface area contributed by atoms with E-state index in [0.29, 0.717) is 0 Å². The van der Waals surface area contributed by atoms with E-state index >= 15 is 0 Å². The van der Waals surface area contributed by atoms with E-state index in [2.05, 4.69) is 175 Å². The van der Waals surface area contributed by atoms with E-state index < -0.39 is 0 Å². The maximum absolute atomic E-state index is 5.42. The van der Waals surface area contributed by atoms with Crippen LogP contribution in [-0.4, -0.2) is 15.0 Å². The molecule has 2 aromatic heterocycles. The number of nitrogens with zero attached hydrogens (tertiary/aromatic N) is 3. The minimum absolute atomic E-state index is 0.843. The predicted molar refractivity (Wildman–Crippen MR) is 215 cm³/mol. The van der Waals surface area contributed by atoms with Crippen molar-refractivity contribution in [3.8, 4) is 78.1 Å². The van der Waals surface area contributed by atoms with E-state index in [4.69, 9.17) is 9.97 Å². The molecule has 52 heavy (non-hydrogen) atoms. The molecule has 0 amide bonds. The van der Waals surface area contributed by atoms with Gasteiger partial charge < -0.3 is 0 Å². The van der Waals surface area contributed by atoms with Crippen LogP contribution in [0.25, 0.3) is 89.2 Å². The summed E-state index contributed by atoms with van der Waals surface area (Å²) >= 11 is 0. The Kier molecular flexibility index (Phi) is 8.20. The highest BCUT2D eigenvalue weighted by molar-refractivity contribution is 5.97. The number of hydrogen-bond donors (Lipinski definition) is 0. The molecular weight excluding hydrogens is 631 g/mol. The second-order valence-corrected chi connectivity index (χ2v) is 12.9. The Labute approximate surface area is 303 Å². The number of rotatable bonds is 7. The van der Waals surface area contributed by atoms with Gasteiger partial charge in [-0.25, -0.2) is 9.97 Å². The first-order valence-corrected chi connectivity index (χ1v) is 17.5. The van der Waals surface area contributed by atoms with Gasteiger partial charge in [0.25, 0.3) is 0 Å². The normalized spacial score (nSPS) is 11.1. The van der Waals surface area contributed by atoms with Crippen molar-refractivity contribution >= 4 is 11.0 Å². The van der Waals surface area contributed by atoms with Crippen LogP contribution in [0.4, 0.5) is 0 Å². The first kappa shape index (κ1) is 31.0. The molecule has 0 atom stereocenters. The summed E-state index contributed by atoms with van der Waals surface area (Å²) in [5.41, 5.74) is 16.9. The van der Waals surface area contributed by atoms with E-state index in [1.165, 1.54) is 22.3 Å². The van der Waals surface area contributed by atoms with Gasteiger partial charge in [-0.1, -0.05) is 152 Å². The van der Waals surface area contributed by atoms with Crippen LogP contribution in [0.2, 0.25) is 0 Å². The number of benzene rings is 7. The van der Waals surface area contributed by atoms with Gasteiger partial charge in [-0.05, 0) is 92.0 Å². The Hall–Kier alpha value is -6.97. The molecule has 0 aliphatic heterocycles. The summed E-state index contributed by atoms with van der Waals surface area (Å²) in [6.45, 7) is 0. The highest BCUT2D eigenvalue weighted by Crippen LogP contribution is 2.40. The van der Waals surface area contributed by atoms with Crippen LogP contribution in [-0.2, 0) is 0 Å². The summed E-state index contributed by atoms with van der Waals surface area (Å²) < 4.78 is 0. The fourth-order valence-electron chi connectivity index (χ4n) is 6.94. The minimum Gasteiger partial charge on any atom is -0.265 e. The van der Waals surface area contributed by atoms with Crippen molar-refractivity contribution in [1.29, 1.82) is 0 Å². The molecule has 3 heteroatoms. The van der Waals surface area contributed by atoms with Crippen LogP contribution in [0.15, 0.2) is 200 Å². The summed E-state index contributed by atoms with van der Waals surface area (Å²) in [6.07, 6.45) is 3.65. The summed E-state index contributed by atoms with van der Waals surface area (Å²) in [6, 6.07) is 66.2. The Morgan fingerprint density at radius 1 is 0.250 bits per heavy atom. The van der Waals surface area contributed by atoms with Crippen LogP contribution in [0, 0.1) is 0 Å². The molecule has 0 unspecified atom stereocenters. The topological polar surface area (TPSA) is 38.7 Å². The van der Waals surface area contributed by atoms with Crippen molar-refractivity contribution in [3.63, 3.8) is 0 Å². The summed E-state index contributed by atoms with van der Waals surface area (Å²) in [5.74, 6) is 0. The minimum atomic E-state index is 0.843. The Bertz CT molecular complexity index is 2640. The van der Waals surface area contributed by atoms with Crippen LogP contribution >= 0.6 is 0 Å². The third-order valence-electron chi connectivity index (χ3n) is 9.58. The van der Waals surface area contributed by atoms with Gasteiger partial charge in [0, 0.05) is 23.5 Å². The molecule has 0 fully saturated rings. The van der Waals surface area contributed by atoms with Crippen molar-refractivity contribution < 1.29 is 0 Å². The quantitative estimate of drug-likeness (QED) is 0.170. The van der Waals surface area contributed by atoms with Gasteiger partial charge in [0.1, 0.15) is 0 Å². The van der Waals surface area contributed by atoms with Crippen molar-refractivity contribution in [2.24, 2.45) is 0 Å². The zero-order valence-corrected chi connectivity index (χ0v) is 28.4. The molecule has 0 aliphatic rings. The van der Waals surface area contributed by atoms with E-state index in [1.807, 2.05) is 30.6 Å². The standard InChI is InChI=1S/C49H33N3/c1-4-12-34(13-5-1)40-18-10-20-42(30-40)44-32-46-47(33-45(44)43-21-11-19-41(31-43)35-14-6-2-7-15-35)52-49(48(51-46)38-16-8-3-9-17-38)39-24-22-36(23-25-39)37-26-28-50-29-27-37/h1-33H. The van der Waals surface area contributed by atoms with E-state index in [0.717, 1.165) is 66.9 Å². The van der Waals surface area contributed by atoms with Crippen LogP contribution in [0.5, 0.6) is 0 Å². The van der Waals surface area contributed by atoms with Gasteiger partial charge in [0.2, 0.25) is 0 Å². The van der Waals surface area contributed by atoms with Gasteiger partial charge in [-0.3, -0.25) is 4.98 Å². The molecule has 9 rings (SSSR count). The lowest BCUT2D eigenvalue weighted by Gasteiger charge is -2.16. The molecule has 0 aliphatic carbocycles. The molecule has 0 bridgehead atoms. The average Bonchev–Trinajstić information content (AvgIpc) is 3.24. The second-order valence-electron chi connectivity index (χ2n) is 12.9. The molecule has 244 valence electrons. The molecule has 0 N–H and O–H groups in total. The Morgan fingerprint density at radius 2 is 0.596 bits per heavy atom. The lowest BCUT2D eigenvalue weighted by Crippen LogP contribution is -1.97. The first-order valence-electron chi connectivity index (χ1n) is 17.5. The predicted octanol–water partition coefficient (Wildman–Crippen LogP) is 12.7. The second kappa shape index (κ2) is 13.7. The van der Waals surface area contributed by atoms with Gasteiger partial charge >= 0.3 is 0 Å². The molecule has 0 spiro atoms. The SMILES string of the molecule is c1ccc(-c2cccc(-c3cc4nc(-c5ccccc5)c(-c5ccc(-c6ccncc6)cc5)nc4cc3-c3cccc(-c4ccccc4)c3)c2)cc1. The summed E-state index contributed by atoms with van der Waals surface area (Å²) in [4.78, 5) is 15.0. The van der Waals surface area contributed by atoms with E-state index in [9.17, 15) is 0 Å². The van der Waals surface area contributed by atoms with Crippen LogP contribution < -0.4 is 0 Å². The van der Waals surface area contributed by atoms with Crippen LogP contribution in [0.1, 0.15) is 0 Å². The molecule has 9 aromatic rings. The maximum atomic E-state index is 5.42. The molecule has 2 heterocycles. The van der Waals surface area contributed by atoms with Crippen molar-refractivity contribution in [1.82, 2.24) is 15.0 Å². The zero-order chi connectivity index (χ0) is 34.7. The van der Waals surface area contributed by atoms with Gasteiger partial charge in [-0.2, -0.15) is 0 Å². The number of fused-ring (bicyclic) bond motifs is 1. The fourth-order valence-corrected chi connectivity index (χ4v) is 6.94. The van der Waals surface area contributed by atoms with Crippen molar-refractivity contribution in [3.05, 3.63) is 200 Å². The number of hydrogen-bond acceptors (Lipinski definition) is 3. The third kappa shape index (κ3) is 6.17. The van der Waals surface area contributed by atoms with E-state index in [-0.39, 0.29) is 0 Å². The first-order chi connectivity index (χ1) is 25.8. The summed E-state index contributed by atoms with van der Waals surface area (Å²) in [5, 5.41) is 0. The third-order valence-corrected chi connectivity index (χ3v) is 9.58. The molecule has 0 radical (unpaired) electrons. The molecular formula is C49H33N3. The molecule has 3 nitrogen and oxygen atoms in total. The largest absolute Gasteiger partial charge is 0.265 e. The molecule has 7 aromatic carbocycles. The highest BCUT2D eigenvalue weighted by Gasteiger charge is 2.18. The maximum Gasteiger partial charge on any atom is 0.0973 e. The van der Waals surface area contributed by atoms with Gasteiger partial charge in [0.15, 0.2) is 0 Å². The number of aromatic nitrogens is 3. The lowest BCUT2D eigenvalue weighted by molar-refractivity contribution is 1.29. The zero-order valence-electron chi connectivity index (χ0n) is 28.4. The number of pyridine rings is 1. The van der Waals surface area contributed by atoms with Crippen LogP contribution in [0.3, 0.4) is 0 Å². The van der Waals surface area contributed by atoms with Crippen molar-refractivity contribution in [2.45, 2.75) is 0 Å². The van der Waals surface area contributed by atoms with E-state index in [1.54, 1.807) is 0 Å². The molecule has 0 saturated carbocycles. The Morgan fingerprint density at radius 3 is 1.08 bits per heavy atom. The smallest absolute Gasteiger partial charge is 0.0973 e. The molecule has 0 saturated heterocycles. The summed E-state index contributed by atoms with van der Waals surface area (Å²) in [7, 11) is 0. The Balaban J connectivity index is 1.26. The van der Waals surface area contributed by atoms with Gasteiger partial charge in [0.05, 0.1) is 22.4 Å². The van der Waals surface area contributed by atoms with Crippen molar-refractivity contribution in [2.75, 3.05) is 0 Å².